The van der Waals surface area contributed by atoms with Crippen LogP contribution in [0.3, 0.4) is 0 Å². The molecule has 4 N–H and O–H groups in total. The number of hydrogen-bond donors (Lipinski definition) is 1. The van der Waals surface area contributed by atoms with E-state index in [2.05, 4.69) is 36.2 Å². The Kier molecular flexibility index (Phi) is 14.9. The fourth-order valence-corrected chi connectivity index (χ4v) is 6.22. The Balaban J connectivity index is 0.000000285. The van der Waals surface area contributed by atoms with Gasteiger partial charge in [-0.25, -0.2) is 9.59 Å². The first-order valence-electron chi connectivity index (χ1n) is 15.6. The third-order valence-corrected chi connectivity index (χ3v) is 8.65. The zero-order valence-corrected chi connectivity index (χ0v) is 30.9. The first-order chi connectivity index (χ1) is 25.7. The van der Waals surface area contributed by atoms with Crippen molar-refractivity contribution in [2.45, 2.75) is 20.5 Å². The number of fused-ring (bicyclic) bond motifs is 4. The van der Waals surface area contributed by atoms with Crippen molar-refractivity contribution in [3.8, 4) is 12.1 Å². The quantitative estimate of drug-likeness (QED) is 0.187. The van der Waals surface area contributed by atoms with E-state index in [0.29, 0.717) is 44.9 Å². The Bertz CT molecular complexity index is 2870. The number of benzene rings is 2. The molecule has 282 valence electrons. The maximum absolute atomic E-state index is 12.1. The number of rotatable bonds is 6. The summed E-state index contributed by atoms with van der Waals surface area (Å²) in [4.78, 5) is 40.3. The summed E-state index contributed by atoms with van der Waals surface area (Å²) in [5.41, 5.74) is 4.93. The number of halogens is 2. The molecule has 6 heterocycles. The minimum absolute atomic E-state index is 0. The van der Waals surface area contributed by atoms with E-state index in [1.165, 1.54) is 30.4 Å². The van der Waals surface area contributed by atoms with Gasteiger partial charge < -0.3 is 20.8 Å². The second kappa shape index (κ2) is 18.9. The molecule has 2 aromatic carbocycles. The molecule has 8 rings (SSSR count). The molecule has 0 atom stereocenters. The van der Waals surface area contributed by atoms with Crippen molar-refractivity contribution >= 4 is 78.8 Å². The van der Waals surface area contributed by atoms with Crippen LogP contribution in [0.1, 0.15) is 50.7 Å². The largest absolute Gasteiger partial charge is 1.00 e. The number of esters is 1. The molecule has 0 radical (unpaired) electrons. The van der Waals surface area contributed by atoms with Gasteiger partial charge in [0.05, 0.1) is 86.6 Å². The second-order valence-corrected chi connectivity index (χ2v) is 12.4. The number of nitriles is 2. The Morgan fingerprint density at radius 3 is 1.60 bits per heavy atom. The van der Waals surface area contributed by atoms with Crippen LogP contribution in [0.25, 0.3) is 43.6 Å². The van der Waals surface area contributed by atoms with Crippen LogP contribution in [-0.4, -0.2) is 74.6 Å². The van der Waals surface area contributed by atoms with Crippen LogP contribution in [0.5, 0.6) is 0 Å². The molecule has 0 saturated carbocycles. The Labute approximate surface area is 345 Å². The summed E-state index contributed by atoms with van der Waals surface area (Å²) in [6, 6.07) is 19.1. The maximum atomic E-state index is 12.1. The fourth-order valence-electron chi connectivity index (χ4n) is 5.89. The van der Waals surface area contributed by atoms with Gasteiger partial charge in [-0.2, -0.15) is 20.7 Å². The van der Waals surface area contributed by atoms with Crippen molar-refractivity contribution in [3.05, 3.63) is 129 Å². The Hall–Kier alpha value is -6.48. The molecule has 0 aliphatic carbocycles. The number of pyridine rings is 4. The van der Waals surface area contributed by atoms with Gasteiger partial charge in [0.1, 0.15) is 12.1 Å². The molecule has 6 aromatic heterocycles. The van der Waals surface area contributed by atoms with Gasteiger partial charge in [0.15, 0.2) is 11.4 Å². The number of carboxylic acids is 1. The van der Waals surface area contributed by atoms with Crippen LogP contribution in [0.2, 0.25) is 10.0 Å². The molecular weight excluding hydrogens is 770 g/mol. The van der Waals surface area contributed by atoms with Gasteiger partial charge in [0.25, 0.3) is 0 Å². The minimum atomic E-state index is -1.19. The molecule has 0 aliphatic heterocycles. The van der Waals surface area contributed by atoms with E-state index in [1.54, 1.807) is 23.3 Å². The van der Waals surface area contributed by atoms with E-state index >= 15 is 0 Å². The molecule has 0 aliphatic rings. The topological polar surface area (TPSA) is 260 Å². The van der Waals surface area contributed by atoms with E-state index < -0.39 is 11.9 Å². The third kappa shape index (κ3) is 8.99. The SMILES string of the molecule is C.COC(=O)c1nn(Cc2ccc3ncc(Cl)cc3c2)c2cncc(C#N)c12.N#Cc1cncc2c1c(C(=O)O)nn2Cc1ccc2ncc(Cl)cc2c1.O.[Li+].[OH-]. The molecule has 16 nitrogen and oxygen atoms in total. The predicted molar refractivity (Wildman–Crippen MR) is 207 cm³/mol. The molecule has 0 bridgehead atoms. The summed E-state index contributed by atoms with van der Waals surface area (Å²) in [6.45, 7) is 0.704. The minimum Gasteiger partial charge on any atom is -0.870 e. The van der Waals surface area contributed by atoms with Gasteiger partial charge in [-0.1, -0.05) is 42.8 Å². The smallest absolute Gasteiger partial charge is 0.870 e. The molecule has 19 heteroatoms. The van der Waals surface area contributed by atoms with E-state index in [1.807, 2.05) is 54.6 Å². The van der Waals surface area contributed by atoms with Crippen LogP contribution in [0, 0.1) is 22.7 Å². The van der Waals surface area contributed by atoms with Crippen molar-refractivity contribution in [3.63, 3.8) is 0 Å². The molecule has 0 amide bonds. The van der Waals surface area contributed by atoms with Crippen LogP contribution in [-0.2, 0) is 17.8 Å². The summed E-state index contributed by atoms with van der Waals surface area (Å²) >= 11 is 12.0. The van der Waals surface area contributed by atoms with Gasteiger partial charge in [0.2, 0.25) is 0 Å². The zero-order valence-electron chi connectivity index (χ0n) is 29.3. The van der Waals surface area contributed by atoms with Crippen LogP contribution < -0.4 is 18.9 Å². The first kappa shape index (κ1) is 44.9. The van der Waals surface area contributed by atoms with Gasteiger partial charge in [-0.15, -0.1) is 0 Å². The van der Waals surface area contributed by atoms with E-state index in [4.69, 9.17) is 27.9 Å². The van der Waals surface area contributed by atoms with Crippen molar-refractivity contribution in [1.82, 2.24) is 39.5 Å². The van der Waals surface area contributed by atoms with E-state index in [9.17, 15) is 25.2 Å². The number of nitrogens with zero attached hydrogens (tertiary/aromatic N) is 10. The summed E-state index contributed by atoms with van der Waals surface area (Å²) in [5.74, 6) is -1.79. The zero-order chi connectivity index (χ0) is 37.2. The van der Waals surface area contributed by atoms with Gasteiger partial charge in [0, 0.05) is 35.6 Å². The molecule has 8 aromatic rings. The maximum Gasteiger partial charge on any atom is 1.00 e. The number of hydrogen-bond acceptors (Lipinski definition) is 12. The fraction of sp³-hybridized carbons (Fsp3) is 0.105. The van der Waals surface area contributed by atoms with Gasteiger partial charge in [-0.05, 0) is 47.5 Å². The summed E-state index contributed by atoms with van der Waals surface area (Å²) < 4.78 is 7.98. The number of methoxy groups -OCH3 is 1. The molecule has 0 unspecified atom stereocenters. The second-order valence-electron chi connectivity index (χ2n) is 11.6. The number of aromatic carboxylic acids is 1. The average molecular weight is 800 g/mol. The molecule has 57 heavy (non-hydrogen) atoms. The number of ether oxygens (including phenoxy) is 1. The number of carbonyl (C=O) groups excluding carboxylic acids is 1. The molecule has 0 spiro atoms. The first-order valence-corrected chi connectivity index (χ1v) is 16.3. The van der Waals surface area contributed by atoms with Crippen molar-refractivity contribution in [2.24, 2.45) is 0 Å². The summed E-state index contributed by atoms with van der Waals surface area (Å²) in [7, 11) is 1.28. The van der Waals surface area contributed by atoms with Crippen LogP contribution in [0.4, 0.5) is 0 Å². The van der Waals surface area contributed by atoms with Gasteiger partial charge in [-0.3, -0.25) is 29.3 Å². The van der Waals surface area contributed by atoms with Crippen molar-refractivity contribution < 1.29 is 49.2 Å². The number of carbonyl (C=O) groups is 2. The summed E-state index contributed by atoms with van der Waals surface area (Å²) in [5, 5.41) is 40.2. The summed E-state index contributed by atoms with van der Waals surface area (Å²) in [6.07, 6.45) is 9.01. The number of aromatic nitrogens is 8. The van der Waals surface area contributed by atoms with Crippen molar-refractivity contribution in [1.29, 1.82) is 10.5 Å². The standard InChI is InChI=1S/C19H12ClN5O2.C18H10ClN5O2.CH4.Li.2H2O/c1-27-19(26)18-17-13(6-21)7-22-9-16(17)25(24-18)10-11-2-3-15-12(4-11)5-14(20)8-23-15;19-13-4-11-3-10(1-2-14(11)22-7-13)9-24-15-8-21-6-12(5-20)16(15)17(23-24)18(25)26;;;;/h2-5,7-9H,10H2,1H3;1-4,6-8H,9H2,(H,25,26);1H4;;2*1H2/q;;;+1;;/p-1. The predicted octanol–water partition coefficient (Wildman–Crippen LogP) is 3.23. The molecular formula is C38H29Cl2LiN10O6. The monoisotopic (exact) mass is 798 g/mol. The normalized spacial score (nSPS) is 10.1. The van der Waals surface area contributed by atoms with Crippen molar-refractivity contribution in [2.75, 3.05) is 7.11 Å². The third-order valence-electron chi connectivity index (χ3n) is 8.23. The number of carboxylic acid groups (broad SMARTS) is 1. The van der Waals surface area contributed by atoms with Crippen LogP contribution >= 0.6 is 23.2 Å². The molecule has 0 fully saturated rings. The van der Waals surface area contributed by atoms with E-state index in [-0.39, 0.29) is 59.8 Å². The molecule has 0 saturated heterocycles. The van der Waals surface area contributed by atoms with Gasteiger partial charge >= 0.3 is 30.8 Å². The average Bonchev–Trinajstić information content (AvgIpc) is 3.73. The van der Waals surface area contributed by atoms with Crippen LogP contribution in [0.15, 0.2) is 85.7 Å². The van der Waals surface area contributed by atoms with E-state index in [0.717, 1.165) is 32.9 Å². The Morgan fingerprint density at radius 1 is 0.737 bits per heavy atom. The Morgan fingerprint density at radius 2 is 1.18 bits per heavy atom.